The third-order valence-electron chi connectivity index (χ3n) is 2.28. The van der Waals surface area contributed by atoms with Crippen LogP contribution in [0, 0.1) is 23.7 Å². The van der Waals surface area contributed by atoms with E-state index in [4.69, 9.17) is 6.42 Å². The largest absolute Gasteiger partial charge is 0.354 e. The molecule has 2 fully saturated rings. The molecule has 1 aliphatic heterocycles. The summed E-state index contributed by atoms with van der Waals surface area (Å²) in [5.41, 5.74) is -0.361. The van der Waals surface area contributed by atoms with Crippen molar-refractivity contribution in [2.75, 3.05) is 6.54 Å². The van der Waals surface area contributed by atoms with E-state index in [1.165, 1.54) is 0 Å². The van der Waals surface area contributed by atoms with Crippen LogP contribution < -0.4 is 5.32 Å². The molecule has 0 aromatic rings. The van der Waals surface area contributed by atoms with E-state index in [1.807, 2.05) is 0 Å². The van der Waals surface area contributed by atoms with Crippen molar-refractivity contribution in [3.8, 4) is 12.3 Å². The number of piperidine rings is 1. The highest BCUT2D eigenvalue weighted by molar-refractivity contribution is 5.92. The second-order valence-electron chi connectivity index (χ2n) is 2.73. The van der Waals surface area contributed by atoms with Gasteiger partial charge in [0.15, 0.2) is 0 Å². The number of nitrogens with one attached hydrogen (secondary N) is 1. The summed E-state index contributed by atoms with van der Waals surface area (Å²) in [6.45, 7) is 0.795. The molecular formula is C7H7NO. The molecule has 1 N–H and O–H groups in total. The zero-order chi connectivity index (χ0) is 6.48. The van der Waals surface area contributed by atoms with Crippen molar-refractivity contribution in [1.82, 2.24) is 5.32 Å². The highest BCUT2D eigenvalue weighted by atomic mass is 16.2. The highest BCUT2D eigenvalue weighted by Gasteiger charge is 2.62. The fourth-order valence-corrected chi connectivity index (χ4v) is 1.47. The van der Waals surface area contributed by atoms with E-state index in [2.05, 4.69) is 11.2 Å². The summed E-state index contributed by atoms with van der Waals surface area (Å²) in [6, 6.07) is 0. The molecule has 2 rings (SSSR count). The molecule has 9 heavy (non-hydrogen) atoms. The summed E-state index contributed by atoms with van der Waals surface area (Å²) in [6.07, 6.45) is 6.10. The van der Waals surface area contributed by atoms with E-state index >= 15 is 0 Å². The average Bonchev–Trinajstić information content (AvgIpc) is 2.52. The molecule has 0 aromatic carbocycles. The Balaban J connectivity index is 2.36. The fourth-order valence-electron chi connectivity index (χ4n) is 1.47. The molecular weight excluding hydrogens is 114 g/mol. The van der Waals surface area contributed by atoms with Crippen LogP contribution in [0.5, 0.6) is 0 Å². The minimum absolute atomic E-state index is 0.0648. The van der Waals surface area contributed by atoms with Crippen LogP contribution in [0.2, 0.25) is 0 Å². The number of hydrogen-bond acceptors (Lipinski definition) is 1. The summed E-state index contributed by atoms with van der Waals surface area (Å²) in [5.74, 6) is 3.07. The first-order chi connectivity index (χ1) is 4.29. The molecule has 2 atom stereocenters. The maximum atomic E-state index is 10.9. The van der Waals surface area contributed by atoms with Crippen molar-refractivity contribution in [3.05, 3.63) is 0 Å². The van der Waals surface area contributed by atoms with Gasteiger partial charge in [-0.15, -0.1) is 6.42 Å². The highest BCUT2D eigenvalue weighted by Crippen LogP contribution is 2.54. The third kappa shape index (κ3) is 0.366. The van der Waals surface area contributed by atoms with Gasteiger partial charge in [-0.3, -0.25) is 4.79 Å². The van der Waals surface area contributed by atoms with Crippen molar-refractivity contribution in [1.29, 1.82) is 0 Å². The average molecular weight is 121 g/mol. The number of terminal acetylenes is 1. The molecule has 0 unspecified atom stereocenters. The zero-order valence-corrected chi connectivity index (χ0v) is 4.98. The number of carbonyl (C=O) groups is 1. The Morgan fingerprint density at radius 3 is 2.89 bits per heavy atom. The normalized spacial score (nSPS) is 45.2. The predicted octanol–water partition coefficient (Wildman–Crippen LogP) is -0.244. The molecule has 1 aliphatic carbocycles. The summed E-state index contributed by atoms with van der Waals surface area (Å²) >= 11 is 0. The van der Waals surface area contributed by atoms with Crippen LogP contribution in [0.1, 0.15) is 6.42 Å². The Morgan fingerprint density at radius 2 is 2.67 bits per heavy atom. The lowest BCUT2D eigenvalue weighted by Gasteiger charge is -1.97. The molecule has 46 valence electrons. The van der Waals surface area contributed by atoms with Crippen molar-refractivity contribution in [2.45, 2.75) is 6.42 Å². The summed E-state index contributed by atoms with van der Waals surface area (Å²) in [5, 5.41) is 2.73. The van der Waals surface area contributed by atoms with E-state index in [0.717, 1.165) is 13.0 Å². The topological polar surface area (TPSA) is 29.1 Å². The first-order valence-electron chi connectivity index (χ1n) is 3.06. The molecule has 0 spiro atoms. The van der Waals surface area contributed by atoms with Crippen LogP contribution in [-0.4, -0.2) is 12.5 Å². The first-order valence-corrected chi connectivity index (χ1v) is 3.06. The minimum atomic E-state index is -0.361. The molecule has 1 saturated carbocycles. The number of fused-ring (bicyclic) bond motifs is 1. The molecule has 2 aliphatic rings. The van der Waals surface area contributed by atoms with Gasteiger partial charge in [0.25, 0.3) is 0 Å². The van der Waals surface area contributed by atoms with Crippen LogP contribution >= 0.6 is 0 Å². The van der Waals surface area contributed by atoms with Gasteiger partial charge in [-0.2, -0.15) is 0 Å². The molecule has 1 amide bonds. The lowest BCUT2D eigenvalue weighted by molar-refractivity contribution is -0.122. The lowest BCUT2D eigenvalue weighted by Crippen LogP contribution is -2.23. The van der Waals surface area contributed by atoms with Gasteiger partial charge in [-0.05, 0) is 6.42 Å². The van der Waals surface area contributed by atoms with Gasteiger partial charge >= 0.3 is 0 Å². The van der Waals surface area contributed by atoms with Crippen LogP contribution in [0.3, 0.4) is 0 Å². The number of hydrogen-bond donors (Lipinski definition) is 1. The number of carbonyl (C=O) groups excluding carboxylic acids is 1. The molecule has 1 heterocycles. The second kappa shape index (κ2) is 1.13. The van der Waals surface area contributed by atoms with Crippen molar-refractivity contribution in [2.24, 2.45) is 11.3 Å². The minimum Gasteiger partial charge on any atom is -0.354 e. The van der Waals surface area contributed by atoms with Gasteiger partial charge in [0.1, 0.15) is 5.41 Å². The summed E-state index contributed by atoms with van der Waals surface area (Å²) in [7, 11) is 0. The summed E-state index contributed by atoms with van der Waals surface area (Å²) in [4.78, 5) is 10.9. The Morgan fingerprint density at radius 1 is 1.89 bits per heavy atom. The standard InChI is InChI=1S/C7H7NO/c1-2-7-3-5(7)4-8-6(7)9/h1,5H,3-4H2,(H,8,9)/t5-,7-/m1/s1. The number of amides is 1. The smallest absolute Gasteiger partial charge is 0.238 e. The monoisotopic (exact) mass is 121 g/mol. The molecule has 0 radical (unpaired) electrons. The number of rotatable bonds is 0. The van der Waals surface area contributed by atoms with Gasteiger partial charge in [-0.1, -0.05) is 5.92 Å². The SMILES string of the molecule is C#C[C@@]12C[C@@H]1CNC2=O. The van der Waals surface area contributed by atoms with Crippen LogP contribution in [0.25, 0.3) is 0 Å². The molecule has 1 saturated heterocycles. The maximum absolute atomic E-state index is 10.9. The Kier molecular flexibility index (Phi) is 0.612. The Hall–Kier alpha value is -0.970. The molecule has 2 nitrogen and oxygen atoms in total. The third-order valence-corrected chi connectivity index (χ3v) is 2.28. The van der Waals surface area contributed by atoms with Gasteiger partial charge < -0.3 is 5.32 Å². The second-order valence-corrected chi connectivity index (χ2v) is 2.73. The van der Waals surface area contributed by atoms with Crippen molar-refractivity contribution >= 4 is 5.91 Å². The zero-order valence-electron chi connectivity index (χ0n) is 4.98. The van der Waals surface area contributed by atoms with Crippen LogP contribution in [-0.2, 0) is 4.79 Å². The van der Waals surface area contributed by atoms with Gasteiger partial charge in [0.05, 0.1) is 0 Å². The van der Waals surface area contributed by atoms with E-state index in [9.17, 15) is 4.79 Å². The predicted molar refractivity (Wildman–Crippen MR) is 32.4 cm³/mol. The first kappa shape index (κ1) is 4.87. The van der Waals surface area contributed by atoms with Gasteiger partial charge in [0.2, 0.25) is 5.91 Å². The maximum Gasteiger partial charge on any atom is 0.238 e. The molecule has 0 aromatic heterocycles. The summed E-state index contributed by atoms with van der Waals surface area (Å²) < 4.78 is 0. The fraction of sp³-hybridized carbons (Fsp3) is 0.571. The Labute approximate surface area is 53.6 Å². The lowest BCUT2D eigenvalue weighted by atomic mass is 10.1. The molecule has 2 heteroatoms. The van der Waals surface area contributed by atoms with Crippen molar-refractivity contribution in [3.63, 3.8) is 0 Å². The Bertz CT molecular complexity index is 215. The molecule has 0 bridgehead atoms. The van der Waals surface area contributed by atoms with Crippen LogP contribution in [0.4, 0.5) is 0 Å². The van der Waals surface area contributed by atoms with Gasteiger partial charge in [-0.25, -0.2) is 0 Å². The van der Waals surface area contributed by atoms with Crippen molar-refractivity contribution < 1.29 is 4.79 Å². The van der Waals surface area contributed by atoms with E-state index in [1.54, 1.807) is 0 Å². The quantitative estimate of drug-likeness (QED) is 0.440. The van der Waals surface area contributed by atoms with Gasteiger partial charge in [0, 0.05) is 12.5 Å². The van der Waals surface area contributed by atoms with E-state index in [-0.39, 0.29) is 11.3 Å². The van der Waals surface area contributed by atoms with E-state index in [0.29, 0.717) is 5.92 Å². The van der Waals surface area contributed by atoms with Crippen LogP contribution in [0.15, 0.2) is 0 Å². The van der Waals surface area contributed by atoms with E-state index < -0.39 is 0 Å².